The molecule has 0 aromatic heterocycles. The fraction of sp³-hybridized carbons (Fsp3) is 0.929. The predicted octanol–water partition coefficient (Wildman–Crippen LogP) is 1.26. The fourth-order valence-corrected chi connectivity index (χ4v) is 3.04. The van der Waals surface area contributed by atoms with E-state index in [1.165, 1.54) is 6.42 Å². The summed E-state index contributed by atoms with van der Waals surface area (Å²) in [5.74, 6) is 0.751. The van der Waals surface area contributed by atoms with E-state index in [2.05, 4.69) is 26.1 Å². The molecule has 2 aliphatic heterocycles. The third kappa shape index (κ3) is 2.69. The van der Waals surface area contributed by atoms with Crippen molar-refractivity contribution in [2.75, 3.05) is 32.8 Å². The number of carbonyl (C=O) groups excluding carboxylic acids is 1. The molecule has 2 fully saturated rings. The Labute approximate surface area is 110 Å². The van der Waals surface area contributed by atoms with Crippen LogP contribution in [0.4, 0.5) is 0 Å². The van der Waals surface area contributed by atoms with Crippen molar-refractivity contribution in [3.05, 3.63) is 0 Å². The van der Waals surface area contributed by atoms with Crippen LogP contribution in [-0.2, 0) is 9.53 Å². The van der Waals surface area contributed by atoms with Crippen LogP contribution < -0.4 is 5.32 Å². The van der Waals surface area contributed by atoms with Crippen molar-refractivity contribution < 1.29 is 9.53 Å². The first-order chi connectivity index (χ1) is 8.53. The first-order valence-corrected chi connectivity index (χ1v) is 7.13. The number of piperidine rings is 1. The molecule has 0 radical (unpaired) electrons. The number of nitrogens with one attached hydrogen (secondary N) is 1. The lowest BCUT2D eigenvalue weighted by atomic mass is 9.73. The van der Waals surface area contributed by atoms with Gasteiger partial charge in [0.15, 0.2) is 0 Å². The van der Waals surface area contributed by atoms with E-state index in [9.17, 15) is 4.79 Å². The Morgan fingerprint density at radius 2 is 2.22 bits per heavy atom. The second-order valence-electron chi connectivity index (χ2n) is 6.19. The van der Waals surface area contributed by atoms with Crippen LogP contribution in [0.1, 0.15) is 33.6 Å². The van der Waals surface area contributed by atoms with Gasteiger partial charge < -0.3 is 15.0 Å². The zero-order valence-corrected chi connectivity index (χ0v) is 11.9. The first-order valence-electron chi connectivity index (χ1n) is 7.13. The molecule has 0 bridgehead atoms. The average molecular weight is 254 g/mol. The zero-order valence-electron chi connectivity index (χ0n) is 11.9. The van der Waals surface area contributed by atoms with E-state index < -0.39 is 0 Å². The highest BCUT2D eigenvalue weighted by Gasteiger charge is 2.41. The van der Waals surface area contributed by atoms with Gasteiger partial charge in [-0.15, -0.1) is 0 Å². The van der Waals surface area contributed by atoms with E-state index in [-0.39, 0.29) is 11.5 Å². The van der Waals surface area contributed by atoms with Gasteiger partial charge in [-0.05, 0) is 38.8 Å². The van der Waals surface area contributed by atoms with E-state index >= 15 is 0 Å². The number of carbonyl (C=O) groups is 1. The lowest BCUT2D eigenvalue weighted by Gasteiger charge is -2.43. The Hall–Kier alpha value is -0.610. The third-order valence-electron chi connectivity index (χ3n) is 4.50. The van der Waals surface area contributed by atoms with Gasteiger partial charge in [-0.2, -0.15) is 0 Å². The minimum absolute atomic E-state index is 0.210. The number of morpholine rings is 1. The third-order valence-corrected chi connectivity index (χ3v) is 4.50. The molecule has 1 unspecified atom stereocenters. The van der Waals surface area contributed by atoms with Crippen LogP contribution in [0, 0.1) is 11.3 Å². The Morgan fingerprint density at radius 1 is 1.44 bits per heavy atom. The number of nitrogens with zero attached hydrogens (tertiary/aromatic N) is 1. The molecule has 18 heavy (non-hydrogen) atoms. The molecule has 2 aliphatic rings. The molecule has 1 N–H and O–H groups in total. The van der Waals surface area contributed by atoms with Gasteiger partial charge in [-0.1, -0.05) is 13.8 Å². The SMILES string of the molecule is C[C@@H]1COCCN1C(=O)C(C)(C)C1CCCNC1. The Balaban J connectivity index is 2.05. The molecule has 2 saturated heterocycles. The van der Waals surface area contributed by atoms with Crippen LogP contribution in [0.5, 0.6) is 0 Å². The fourth-order valence-electron chi connectivity index (χ4n) is 3.04. The minimum Gasteiger partial charge on any atom is -0.377 e. The molecule has 104 valence electrons. The molecule has 0 saturated carbocycles. The normalized spacial score (nSPS) is 30.3. The van der Waals surface area contributed by atoms with E-state index in [1.807, 2.05) is 4.90 Å². The summed E-state index contributed by atoms with van der Waals surface area (Å²) in [6, 6.07) is 0.210. The van der Waals surface area contributed by atoms with Crippen LogP contribution in [0.3, 0.4) is 0 Å². The molecule has 2 heterocycles. The summed E-state index contributed by atoms with van der Waals surface area (Å²) in [6.45, 7) is 10.4. The van der Waals surface area contributed by atoms with E-state index in [4.69, 9.17) is 4.74 Å². The number of amides is 1. The topological polar surface area (TPSA) is 41.6 Å². The first kappa shape index (κ1) is 13.8. The summed E-state index contributed by atoms with van der Waals surface area (Å²) < 4.78 is 5.41. The van der Waals surface area contributed by atoms with Crippen LogP contribution in [0.2, 0.25) is 0 Å². The summed E-state index contributed by atoms with van der Waals surface area (Å²) in [6.07, 6.45) is 2.34. The lowest BCUT2D eigenvalue weighted by Crippen LogP contribution is -2.55. The second-order valence-corrected chi connectivity index (χ2v) is 6.19. The number of ether oxygens (including phenoxy) is 1. The maximum atomic E-state index is 12.8. The van der Waals surface area contributed by atoms with Crippen molar-refractivity contribution in [2.45, 2.75) is 39.7 Å². The minimum atomic E-state index is -0.265. The van der Waals surface area contributed by atoms with Crippen LogP contribution in [-0.4, -0.2) is 49.7 Å². The van der Waals surface area contributed by atoms with Crippen molar-refractivity contribution in [1.82, 2.24) is 10.2 Å². The van der Waals surface area contributed by atoms with Crippen molar-refractivity contribution in [2.24, 2.45) is 11.3 Å². The molecule has 1 amide bonds. The largest absolute Gasteiger partial charge is 0.377 e. The average Bonchev–Trinajstić information content (AvgIpc) is 2.39. The smallest absolute Gasteiger partial charge is 0.228 e. The Morgan fingerprint density at radius 3 is 2.83 bits per heavy atom. The van der Waals surface area contributed by atoms with Gasteiger partial charge in [0, 0.05) is 12.0 Å². The van der Waals surface area contributed by atoms with Gasteiger partial charge in [0.05, 0.1) is 19.3 Å². The van der Waals surface area contributed by atoms with Gasteiger partial charge in [-0.25, -0.2) is 0 Å². The van der Waals surface area contributed by atoms with Gasteiger partial charge in [0.25, 0.3) is 0 Å². The van der Waals surface area contributed by atoms with Gasteiger partial charge >= 0.3 is 0 Å². The maximum Gasteiger partial charge on any atom is 0.228 e. The number of hydrogen-bond acceptors (Lipinski definition) is 3. The highest BCUT2D eigenvalue weighted by molar-refractivity contribution is 5.82. The second kappa shape index (κ2) is 5.57. The van der Waals surface area contributed by atoms with Gasteiger partial charge in [0.1, 0.15) is 0 Å². The standard InChI is InChI=1S/C14H26N2O2/c1-11-10-18-8-7-16(11)13(17)14(2,3)12-5-4-6-15-9-12/h11-12,15H,4-10H2,1-3H3/t11-,12?/m1/s1. The zero-order chi connectivity index (χ0) is 13.2. The monoisotopic (exact) mass is 254 g/mol. The van der Waals surface area contributed by atoms with Crippen molar-refractivity contribution in [3.8, 4) is 0 Å². The molecule has 2 atom stereocenters. The summed E-state index contributed by atoms with van der Waals surface area (Å²) in [4.78, 5) is 14.8. The molecule has 4 heteroatoms. The molecular weight excluding hydrogens is 228 g/mol. The molecule has 0 aromatic rings. The Bertz CT molecular complexity index is 298. The molecular formula is C14H26N2O2. The van der Waals surface area contributed by atoms with Crippen molar-refractivity contribution in [3.63, 3.8) is 0 Å². The Kier molecular flexibility index (Phi) is 4.28. The summed E-state index contributed by atoms with van der Waals surface area (Å²) in [7, 11) is 0. The molecule has 0 spiro atoms. The van der Waals surface area contributed by atoms with Crippen molar-refractivity contribution >= 4 is 5.91 Å². The lowest BCUT2D eigenvalue weighted by molar-refractivity contribution is -0.152. The van der Waals surface area contributed by atoms with Gasteiger partial charge in [0.2, 0.25) is 5.91 Å². The molecule has 0 aromatic carbocycles. The van der Waals surface area contributed by atoms with Crippen molar-refractivity contribution in [1.29, 1.82) is 0 Å². The highest BCUT2D eigenvalue weighted by Crippen LogP contribution is 2.34. The van der Waals surface area contributed by atoms with Crippen LogP contribution in [0.15, 0.2) is 0 Å². The quantitative estimate of drug-likeness (QED) is 0.806. The molecule has 0 aliphatic carbocycles. The van der Waals surface area contributed by atoms with E-state index in [0.29, 0.717) is 25.0 Å². The number of hydrogen-bond donors (Lipinski definition) is 1. The summed E-state index contributed by atoms with van der Waals surface area (Å²) in [5.41, 5.74) is -0.265. The summed E-state index contributed by atoms with van der Waals surface area (Å²) >= 11 is 0. The summed E-state index contributed by atoms with van der Waals surface area (Å²) in [5, 5.41) is 3.41. The van der Waals surface area contributed by atoms with Gasteiger partial charge in [-0.3, -0.25) is 4.79 Å². The predicted molar refractivity (Wildman–Crippen MR) is 71.4 cm³/mol. The molecule has 4 nitrogen and oxygen atoms in total. The number of rotatable bonds is 2. The molecule has 2 rings (SSSR count). The maximum absolute atomic E-state index is 12.8. The van der Waals surface area contributed by atoms with E-state index in [0.717, 1.165) is 26.1 Å². The van der Waals surface area contributed by atoms with Crippen LogP contribution >= 0.6 is 0 Å². The highest BCUT2D eigenvalue weighted by atomic mass is 16.5. The van der Waals surface area contributed by atoms with E-state index in [1.54, 1.807) is 0 Å². The van der Waals surface area contributed by atoms with Crippen LogP contribution in [0.25, 0.3) is 0 Å².